The van der Waals surface area contributed by atoms with Gasteiger partial charge in [-0.15, -0.1) is 0 Å². The molecule has 0 unspecified atom stereocenters. The standard InChI is InChI=1S/C40H47NO9/c1-21-17-30(48-35(43)25(21)20-46-36(44)31-18-23-9-7-8-10-29(23)47-31)22(2)26-11-12-27-24-19-34-40(50-34)33(49-37(45)41(5)6)14-13-32(42)39(40,4)28(24)15-16-38(26,27)3/h7-10,13-14,18,22,24,26-28,30,33-34H,11-12,15-17,19-20H2,1-6H3/t22-,24-,26+,27-,28-,30+,33-,34+,38+,39-,40+/m0/s1. The summed E-state index contributed by atoms with van der Waals surface area (Å²) in [7, 11) is 3.32. The second-order valence-corrected chi connectivity index (χ2v) is 16.4. The Kier molecular flexibility index (Phi) is 7.68. The van der Waals surface area contributed by atoms with Crippen LogP contribution >= 0.6 is 0 Å². The van der Waals surface area contributed by atoms with E-state index >= 15 is 0 Å². The minimum absolute atomic E-state index is 0.0304. The quantitative estimate of drug-likeness (QED) is 0.186. The molecule has 4 fully saturated rings. The number of cyclic esters (lactones) is 1. The van der Waals surface area contributed by atoms with Gasteiger partial charge >= 0.3 is 18.0 Å². The van der Waals surface area contributed by atoms with Gasteiger partial charge in [0.1, 0.15) is 23.9 Å². The van der Waals surface area contributed by atoms with E-state index < -0.39 is 35.2 Å². The summed E-state index contributed by atoms with van der Waals surface area (Å²) in [5.41, 5.74) is 0.338. The topological polar surface area (TPSA) is 125 Å². The predicted molar refractivity (Wildman–Crippen MR) is 182 cm³/mol. The van der Waals surface area contributed by atoms with Crippen LogP contribution in [0.4, 0.5) is 4.79 Å². The summed E-state index contributed by atoms with van der Waals surface area (Å²) in [6, 6.07) is 9.00. The fourth-order valence-electron chi connectivity index (χ4n) is 11.3. The Bertz CT molecular complexity index is 1810. The first-order valence-corrected chi connectivity index (χ1v) is 18.1. The van der Waals surface area contributed by atoms with Crippen molar-refractivity contribution in [2.45, 2.75) is 90.1 Å². The van der Waals surface area contributed by atoms with Crippen LogP contribution in [0.2, 0.25) is 0 Å². The lowest BCUT2D eigenvalue weighted by Gasteiger charge is -2.58. The third-order valence-electron chi connectivity index (χ3n) is 14.0. The van der Waals surface area contributed by atoms with Crippen LogP contribution < -0.4 is 0 Å². The van der Waals surface area contributed by atoms with Crippen molar-refractivity contribution >= 4 is 34.8 Å². The van der Waals surface area contributed by atoms with Gasteiger partial charge in [0.2, 0.25) is 5.76 Å². The molecule has 3 saturated carbocycles. The summed E-state index contributed by atoms with van der Waals surface area (Å²) < 4.78 is 29.7. The molecule has 10 nitrogen and oxygen atoms in total. The monoisotopic (exact) mass is 685 g/mol. The van der Waals surface area contributed by atoms with Gasteiger partial charge in [0.15, 0.2) is 11.9 Å². The fraction of sp³-hybridized carbons (Fsp3) is 0.600. The van der Waals surface area contributed by atoms with Crippen molar-refractivity contribution in [1.82, 2.24) is 4.90 Å². The molecule has 2 aliphatic heterocycles. The molecule has 0 radical (unpaired) electrons. The van der Waals surface area contributed by atoms with Gasteiger partial charge in [-0.05, 0) is 105 Å². The highest BCUT2D eigenvalue weighted by molar-refractivity contribution is 5.98. The first-order chi connectivity index (χ1) is 23.8. The van der Waals surface area contributed by atoms with Gasteiger partial charge in [0.05, 0.1) is 17.1 Å². The summed E-state index contributed by atoms with van der Waals surface area (Å²) in [5, 5.41) is 0.808. The number of carbonyl (C=O) groups is 4. The molecule has 11 atom stereocenters. The fourth-order valence-corrected chi connectivity index (χ4v) is 11.3. The van der Waals surface area contributed by atoms with Crippen LogP contribution in [0, 0.1) is 40.4 Å². The number of ketones is 1. The highest BCUT2D eigenvalue weighted by atomic mass is 16.7. The van der Waals surface area contributed by atoms with Gasteiger partial charge in [0, 0.05) is 25.9 Å². The van der Waals surface area contributed by atoms with Crippen molar-refractivity contribution in [3.63, 3.8) is 0 Å². The van der Waals surface area contributed by atoms with Gasteiger partial charge < -0.3 is 28.3 Å². The first kappa shape index (κ1) is 33.2. The Labute approximate surface area is 292 Å². The molecule has 8 rings (SSSR count). The molecule has 3 heterocycles. The normalized spacial score (nSPS) is 39.1. The van der Waals surface area contributed by atoms with Gasteiger partial charge in [-0.2, -0.15) is 0 Å². The van der Waals surface area contributed by atoms with Crippen LogP contribution in [0.25, 0.3) is 11.0 Å². The van der Waals surface area contributed by atoms with E-state index in [0.717, 1.165) is 43.1 Å². The van der Waals surface area contributed by atoms with Gasteiger partial charge in [-0.25, -0.2) is 14.4 Å². The van der Waals surface area contributed by atoms with Crippen LogP contribution in [-0.2, 0) is 28.5 Å². The highest BCUT2D eigenvalue weighted by Gasteiger charge is 2.81. The average molecular weight is 686 g/mol. The molecule has 1 amide bonds. The molecule has 1 aromatic carbocycles. The molecular weight excluding hydrogens is 638 g/mol. The van der Waals surface area contributed by atoms with Crippen LogP contribution in [0.1, 0.15) is 76.8 Å². The number of amides is 1. The van der Waals surface area contributed by atoms with Crippen molar-refractivity contribution in [2.24, 2.45) is 40.4 Å². The largest absolute Gasteiger partial charge is 0.458 e. The van der Waals surface area contributed by atoms with Crippen LogP contribution in [0.3, 0.4) is 0 Å². The van der Waals surface area contributed by atoms with E-state index in [0.29, 0.717) is 35.3 Å². The summed E-state index contributed by atoms with van der Waals surface area (Å²) >= 11 is 0. The molecular formula is C40H47NO9. The summed E-state index contributed by atoms with van der Waals surface area (Å²) in [4.78, 5) is 54.0. The second kappa shape index (κ2) is 11.6. The Morgan fingerprint density at radius 3 is 2.60 bits per heavy atom. The first-order valence-electron chi connectivity index (χ1n) is 18.1. The third-order valence-corrected chi connectivity index (χ3v) is 14.0. The highest BCUT2D eigenvalue weighted by Crippen LogP contribution is 2.73. The smallest absolute Gasteiger partial charge is 0.409 e. The minimum Gasteiger partial charge on any atom is -0.458 e. The molecule has 266 valence electrons. The lowest BCUT2D eigenvalue weighted by atomic mass is 9.44. The maximum Gasteiger partial charge on any atom is 0.409 e. The SMILES string of the molecule is CC1=C(COC(=O)c2cc3ccccc3o2)C(=O)O[C@@H]([C@@H](C)[C@H]2CC[C@H]3[C@@H]4C[C@H]5O[C@]56[C@@H](OC(=O)N(C)C)C=CC(=O)[C@]6(C)[C@H]4CC[C@]23C)C1. The summed E-state index contributed by atoms with van der Waals surface area (Å²) in [5.74, 6) is 0.476. The van der Waals surface area contributed by atoms with E-state index in [1.165, 1.54) is 4.90 Å². The maximum absolute atomic E-state index is 13.8. The van der Waals surface area contributed by atoms with E-state index in [4.69, 9.17) is 23.4 Å². The summed E-state index contributed by atoms with van der Waals surface area (Å²) in [6.45, 7) is 8.46. The third kappa shape index (κ3) is 4.69. The average Bonchev–Trinajstić information content (AvgIpc) is 3.47. The van der Waals surface area contributed by atoms with E-state index in [2.05, 4.69) is 20.8 Å². The number of rotatable bonds is 6. The van der Waals surface area contributed by atoms with E-state index in [-0.39, 0.29) is 47.6 Å². The number of epoxide rings is 1. The van der Waals surface area contributed by atoms with Crippen LogP contribution in [-0.4, -0.2) is 73.3 Å². The molecule has 0 bridgehead atoms. The number of esters is 2. The number of allylic oxidation sites excluding steroid dienone is 1. The van der Waals surface area contributed by atoms with E-state index in [9.17, 15) is 19.2 Å². The zero-order valence-corrected chi connectivity index (χ0v) is 29.7. The lowest BCUT2D eigenvalue weighted by molar-refractivity contribution is -0.156. The number of ether oxygens (including phenoxy) is 4. The van der Waals surface area contributed by atoms with Crippen LogP contribution in [0.5, 0.6) is 0 Å². The Morgan fingerprint density at radius 2 is 1.86 bits per heavy atom. The Balaban J connectivity index is 0.956. The van der Waals surface area contributed by atoms with Crippen molar-refractivity contribution < 1.29 is 42.5 Å². The predicted octanol–water partition coefficient (Wildman–Crippen LogP) is 6.67. The molecule has 10 heteroatoms. The number of para-hydroxylation sites is 1. The Hall–Kier alpha value is -3.92. The zero-order valence-electron chi connectivity index (χ0n) is 29.7. The molecule has 6 aliphatic rings. The van der Waals surface area contributed by atoms with Gasteiger partial charge in [0.25, 0.3) is 0 Å². The Morgan fingerprint density at radius 1 is 1.08 bits per heavy atom. The molecule has 4 aliphatic carbocycles. The van der Waals surface area contributed by atoms with Gasteiger partial charge in [-0.3, -0.25) is 4.79 Å². The molecule has 0 N–H and O–H groups in total. The molecule has 50 heavy (non-hydrogen) atoms. The molecule has 1 spiro atoms. The van der Waals surface area contributed by atoms with Crippen molar-refractivity contribution in [3.05, 3.63) is 59.4 Å². The lowest BCUT2D eigenvalue weighted by Crippen LogP contribution is -2.64. The zero-order chi connectivity index (χ0) is 35.3. The van der Waals surface area contributed by atoms with Crippen molar-refractivity contribution in [1.29, 1.82) is 0 Å². The number of nitrogens with zero attached hydrogens (tertiary/aromatic N) is 1. The van der Waals surface area contributed by atoms with Crippen LogP contribution in [0.15, 0.2) is 58.0 Å². The van der Waals surface area contributed by atoms with Crippen molar-refractivity contribution in [3.8, 4) is 0 Å². The minimum atomic E-state index is -0.803. The maximum atomic E-state index is 13.8. The number of fused-ring (bicyclic) bond motifs is 5. The number of furan rings is 1. The number of hydrogen-bond acceptors (Lipinski definition) is 9. The van der Waals surface area contributed by atoms with E-state index in [1.807, 2.05) is 25.1 Å². The van der Waals surface area contributed by atoms with E-state index in [1.54, 1.807) is 38.4 Å². The number of benzene rings is 1. The summed E-state index contributed by atoms with van der Waals surface area (Å²) in [6.07, 6.45) is 7.34. The molecule has 2 aromatic rings. The molecule has 1 saturated heterocycles. The second-order valence-electron chi connectivity index (χ2n) is 16.4. The molecule has 1 aromatic heterocycles. The van der Waals surface area contributed by atoms with Crippen molar-refractivity contribution in [2.75, 3.05) is 20.7 Å². The van der Waals surface area contributed by atoms with Gasteiger partial charge in [-0.1, -0.05) is 37.6 Å². The number of carbonyl (C=O) groups excluding carboxylic acids is 4. The number of hydrogen-bond donors (Lipinski definition) is 0.